The Kier molecular flexibility index (Phi) is 6.98. The number of amides is 2. The molecule has 2 aromatic heterocycles. The normalized spacial score (nSPS) is 16.9. The predicted octanol–water partition coefficient (Wildman–Crippen LogP) is 3.40. The van der Waals surface area contributed by atoms with Gasteiger partial charge in [-0.25, -0.2) is 14.8 Å². The molecule has 0 aliphatic carbocycles. The molecule has 10 nitrogen and oxygen atoms in total. The first-order valence-corrected chi connectivity index (χ1v) is 12.0. The van der Waals surface area contributed by atoms with Gasteiger partial charge in [0.05, 0.1) is 35.2 Å². The van der Waals surface area contributed by atoms with Crippen LogP contribution in [0.4, 0.5) is 35.2 Å². The molecule has 3 aromatic rings. The predicted molar refractivity (Wildman–Crippen MR) is 134 cm³/mol. The van der Waals surface area contributed by atoms with Crippen LogP contribution < -0.4 is 19.9 Å². The lowest BCUT2D eigenvalue weighted by atomic mass is 10.0. The van der Waals surface area contributed by atoms with Crippen molar-refractivity contribution in [3.63, 3.8) is 0 Å². The van der Waals surface area contributed by atoms with Gasteiger partial charge >= 0.3 is 12.2 Å². The minimum atomic E-state index is -4.57. The zero-order valence-electron chi connectivity index (χ0n) is 20.4. The van der Waals surface area contributed by atoms with Crippen molar-refractivity contribution in [1.29, 1.82) is 5.26 Å². The molecule has 1 unspecified atom stereocenters. The number of ether oxygens (including phenoxy) is 1. The van der Waals surface area contributed by atoms with Crippen LogP contribution in [0.25, 0.3) is 11.3 Å². The van der Waals surface area contributed by atoms with Crippen LogP contribution in [0.2, 0.25) is 0 Å². The van der Waals surface area contributed by atoms with Gasteiger partial charge in [0.15, 0.2) is 5.82 Å². The van der Waals surface area contributed by atoms with Crippen LogP contribution in [0, 0.1) is 11.3 Å². The highest BCUT2D eigenvalue weighted by Gasteiger charge is 2.41. The highest BCUT2D eigenvalue weighted by molar-refractivity contribution is 6.05. The summed E-state index contributed by atoms with van der Waals surface area (Å²) in [6.45, 7) is 0.463. The van der Waals surface area contributed by atoms with Crippen LogP contribution in [0.1, 0.15) is 17.5 Å². The molecule has 1 fully saturated rings. The molecule has 4 heterocycles. The number of hydrogen-bond donors (Lipinski definition) is 3. The zero-order chi connectivity index (χ0) is 27.7. The Balaban J connectivity index is 1.49. The largest absolute Gasteiger partial charge is 0.475 e. The van der Waals surface area contributed by atoms with Gasteiger partial charge < -0.3 is 25.2 Å². The molecule has 3 N–H and O–H groups in total. The molecule has 2 aliphatic rings. The number of aliphatic hydroxyl groups is 2. The number of anilines is 3. The van der Waals surface area contributed by atoms with Gasteiger partial charge in [-0.1, -0.05) is 12.1 Å². The second-order valence-electron chi connectivity index (χ2n) is 9.14. The smallest absolute Gasteiger partial charge is 0.416 e. The first kappa shape index (κ1) is 26.2. The summed E-state index contributed by atoms with van der Waals surface area (Å²) in [4.78, 5) is 25.6. The summed E-state index contributed by atoms with van der Waals surface area (Å²) in [5.41, 5.74) is 0.270. The molecule has 0 radical (unpaired) electrons. The summed E-state index contributed by atoms with van der Waals surface area (Å²) >= 11 is 0. The summed E-state index contributed by atoms with van der Waals surface area (Å²) in [7, 11) is 0. The molecule has 2 amide bonds. The van der Waals surface area contributed by atoms with E-state index in [-0.39, 0.29) is 41.2 Å². The number of hydrogen-bond acceptors (Lipinski definition) is 8. The maximum absolute atomic E-state index is 13.5. The number of fused-ring (bicyclic) bond motifs is 4. The van der Waals surface area contributed by atoms with Gasteiger partial charge in [-0.2, -0.15) is 18.4 Å². The van der Waals surface area contributed by atoms with E-state index in [1.807, 2.05) is 11.0 Å². The van der Waals surface area contributed by atoms with Gasteiger partial charge in [0.2, 0.25) is 5.88 Å². The highest BCUT2D eigenvalue weighted by atomic mass is 19.4. The maximum atomic E-state index is 13.5. The van der Waals surface area contributed by atoms with Gasteiger partial charge in [-0.3, -0.25) is 4.90 Å². The first-order chi connectivity index (χ1) is 18.7. The summed E-state index contributed by atoms with van der Waals surface area (Å²) < 4.78 is 45.4. The van der Waals surface area contributed by atoms with Crippen molar-refractivity contribution in [2.75, 3.05) is 41.4 Å². The number of nitriles is 1. The van der Waals surface area contributed by atoms with Crippen LogP contribution >= 0.6 is 0 Å². The molecular formula is C26H23F3N6O4. The maximum Gasteiger partial charge on any atom is 0.416 e. The number of aliphatic hydroxyl groups excluding tert-OH is 2. The fraction of sp³-hybridized carbons (Fsp3) is 0.308. The minimum Gasteiger partial charge on any atom is -0.475 e. The highest BCUT2D eigenvalue weighted by Crippen LogP contribution is 2.42. The quantitative estimate of drug-likeness (QED) is 0.433. The van der Waals surface area contributed by atoms with Gasteiger partial charge in [0, 0.05) is 36.6 Å². The van der Waals surface area contributed by atoms with Gasteiger partial charge in [0.25, 0.3) is 0 Å². The summed E-state index contributed by atoms with van der Waals surface area (Å²) in [6, 6.07) is 10.4. The standard InChI is InChI=1S/C26H23F3N6O4/c27-26(28,29)17-3-1-2-15(8-17)23-16(11-30)9-21-24(33-23)35(19-5-7-34(21)12-19)25(38)32-18-4-6-31-22(10-18)39-14-20(37)13-36/h1-4,6,8-10,19-20,36-37H,5,7,12-14H2,(H,31,32,38)/t19-,20?/m0/s1. The molecule has 0 saturated carbocycles. The van der Waals surface area contributed by atoms with E-state index in [2.05, 4.69) is 15.3 Å². The van der Waals surface area contributed by atoms with Crippen molar-refractivity contribution in [1.82, 2.24) is 9.97 Å². The topological polar surface area (TPSA) is 135 Å². The number of nitrogens with zero attached hydrogens (tertiary/aromatic N) is 5. The molecular weight excluding hydrogens is 517 g/mol. The Labute approximate surface area is 220 Å². The van der Waals surface area contributed by atoms with Crippen molar-refractivity contribution in [3.8, 4) is 23.2 Å². The van der Waals surface area contributed by atoms with Crippen molar-refractivity contribution in [3.05, 3.63) is 59.8 Å². The Morgan fingerprint density at radius 2 is 2.10 bits per heavy atom. The number of carbonyl (C=O) groups is 1. The molecule has 2 atom stereocenters. The third kappa shape index (κ3) is 5.29. The number of urea groups is 1. The Bertz CT molecular complexity index is 1440. The SMILES string of the molecule is N#Cc1cc2c(nc1-c1cccc(C(F)(F)F)c1)N(C(=O)Nc1ccnc(OCC(O)CO)c1)[C@H]1CCN2C1. The molecule has 0 spiro atoms. The fourth-order valence-corrected chi connectivity index (χ4v) is 4.64. The molecule has 39 heavy (non-hydrogen) atoms. The van der Waals surface area contributed by atoms with E-state index >= 15 is 0 Å². The second kappa shape index (κ2) is 10.4. The average molecular weight is 541 g/mol. The van der Waals surface area contributed by atoms with Gasteiger partial charge in [0.1, 0.15) is 18.8 Å². The molecule has 2 bridgehead atoms. The Morgan fingerprint density at radius 1 is 1.28 bits per heavy atom. The molecule has 13 heteroatoms. The molecule has 202 valence electrons. The van der Waals surface area contributed by atoms with E-state index in [1.165, 1.54) is 29.3 Å². The molecule has 1 aromatic carbocycles. The summed E-state index contributed by atoms with van der Waals surface area (Å²) in [5, 5.41) is 31.0. The third-order valence-electron chi connectivity index (χ3n) is 6.50. The number of benzene rings is 1. The van der Waals surface area contributed by atoms with Crippen LogP contribution in [0.5, 0.6) is 5.88 Å². The number of aromatic nitrogens is 2. The zero-order valence-corrected chi connectivity index (χ0v) is 20.4. The van der Waals surface area contributed by atoms with Gasteiger partial charge in [-0.05, 0) is 30.7 Å². The number of carbonyl (C=O) groups excluding carboxylic acids is 1. The number of pyridine rings is 2. The first-order valence-electron chi connectivity index (χ1n) is 12.0. The number of rotatable bonds is 6. The summed E-state index contributed by atoms with van der Waals surface area (Å²) in [5.74, 6) is 0.360. The van der Waals surface area contributed by atoms with E-state index in [0.29, 0.717) is 30.9 Å². The fourth-order valence-electron chi connectivity index (χ4n) is 4.64. The average Bonchev–Trinajstić information content (AvgIpc) is 3.35. The van der Waals surface area contributed by atoms with Gasteiger partial charge in [-0.15, -0.1) is 0 Å². The molecule has 2 aliphatic heterocycles. The monoisotopic (exact) mass is 540 g/mol. The van der Waals surface area contributed by atoms with Crippen LogP contribution in [0.15, 0.2) is 48.7 Å². The van der Waals surface area contributed by atoms with E-state index in [9.17, 15) is 28.3 Å². The minimum absolute atomic E-state index is 0.0460. The number of alkyl halides is 3. The number of nitrogens with one attached hydrogen (secondary N) is 1. The Hall–Kier alpha value is -4.41. The van der Waals surface area contributed by atoms with E-state index in [0.717, 1.165) is 12.1 Å². The lowest BCUT2D eigenvalue weighted by Crippen LogP contribution is -2.48. The van der Waals surface area contributed by atoms with E-state index < -0.39 is 30.5 Å². The van der Waals surface area contributed by atoms with E-state index in [1.54, 1.807) is 12.1 Å². The molecule has 1 saturated heterocycles. The van der Waals surface area contributed by atoms with Crippen molar-refractivity contribution >= 4 is 23.2 Å². The second-order valence-corrected chi connectivity index (χ2v) is 9.14. The van der Waals surface area contributed by atoms with Crippen LogP contribution in [-0.4, -0.2) is 64.7 Å². The number of halogens is 3. The van der Waals surface area contributed by atoms with Crippen molar-refractivity contribution in [2.45, 2.75) is 24.7 Å². The Morgan fingerprint density at radius 3 is 2.85 bits per heavy atom. The molecule has 5 rings (SSSR count). The lowest BCUT2D eigenvalue weighted by Gasteiger charge is -2.36. The lowest BCUT2D eigenvalue weighted by molar-refractivity contribution is -0.137. The van der Waals surface area contributed by atoms with Crippen molar-refractivity contribution in [2.24, 2.45) is 0 Å². The van der Waals surface area contributed by atoms with E-state index in [4.69, 9.17) is 9.84 Å². The van der Waals surface area contributed by atoms with Crippen LogP contribution in [-0.2, 0) is 6.18 Å². The van der Waals surface area contributed by atoms with Crippen molar-refractivity contribution < 1.29 is 32.9 Å². The van der Waals surface area contributed by atoms with Crippen LogP contribution in [0.3, 0.4) is 0 Å². The summed E-state index contributed by atoms with van der Waals surface area (Å²) in [6.07, 6.45) is -3.62. The third-order valence-corrected chi connectivity index (χ3v) is 6.50.